The number of benzene rings is 1. The first-order valence-corrected chi connectivity index (χ1v) is 11.7. The van der Waals surface area contributed by atoms with E-state index in [4.69, 9.17) is 0 Å². The Morgan fingerprint density at radius 1 is 0.938 bits per heavy atom. The molecule has 2 aliphatic rings. The van der Waals surface area contributed by atoms with Gasteiger partial charge in [-0.25, -0.2) is 9.97 Å². The lowest BCUT2D eigenvalue weighted by Crippen LogP contribution is -2.35. The second-order valence-electron chi connectivity index (χ2n) is 8.92. The van der Waals surface area contributed by atoms with Gasteiger partial charge >= 0.3 is 0 Å². The van der Waals surface area contributed by atoms with E-state index in [1.807, 2.05) is 24.5 Å². The maximum absolute atomic E-state index is 12.6. The number of carbonyl (C=O) groups is 1. The fourth-order valence-corrected chi connectivity index (χ4v) is 4.72. The van der Waals surface area contributed by atoms with Gasteiger partial charge in [-0.05, 0) is 56.5 Å². The summed E-state index contributed by atoms with van der Waals surface area (Å²) in [6.45, 7) is 2.10. The smallest absolute Gasteiger partial charge is 0.229 e. The molecule has 1 amide bonds. The van der Waals surface area contributed by atoms with Crippen molar-refractivity contribution in [1.29, 1.82) is 0 Å². The summed E-state index contributed by atoms with van der Waals surface area (Å²) in [4.78, 5) is 26.0. The predicted molar refractivity (Wildman–Crippen MR) is 127 cm³/mol. The van der Waals surface area contributed by atoms with Gasteiger partial charge in [-0.15, -0.1) is 0 Å². The maximum Gasteiger partial charge on any atom is 0.229 e. The number of amides is 1. The Labute approximate surface area is 188 Å². The molecule has 1 aliphatic heterocycles. The summed E-state index contributed by atoms with van der Waals surface area (Å²) in [5, 5.41) is 10.9. The van der Waals surface area contributed by atoms with Gasteiger partial charge in [0.1, 0.15) is 0 Å². The molecule has 0 unspecified atom stereocenters. The highest BCUT2D eigenvalue weighted by Gasteiger charge is 2.21. The lowest BCUT2D eigenvalue weighted by Gasteiger charge is -2.24. The normalized spacial score (nSPS) is 17.9. The molecule has 1 saturated carbocycles. The molecule has 7 nitrogen and oxygen atoms in total. The van der Waals surface area contributed by atoms with Gasteiger partial charge in [0.25, 0.3) is 0 Å². The SMILES string of the molecule is O=C(Nc1ncc2ccc(-c3cncc(NC4CCNCC4)c3)cc2n1)C1CCCCC1. The molecule has 2 fully saturated rings. The molecule has 0 spiro atoms. The topological polar surface area (TPSA) is 91.8 Å². The van der Waals surface area contributed by atoms with Crippen LogP contribution in [0.2, 0.25) is 0 Å². The molecular weight excluding hydrogens is 400 g/mol. The van der Waals surface area contributed by atoms with Crippen molar-refractivity contribution in [3.05, 3.63) is 42.9 Å². The summed E-state index contributed by atoms with van der Waals surface area (Å²) < 4.78 is 0. The molecule has 3 aromatic rings. The highest BCUT2D eigenvalue weighted by Crippen LogP contribution is 2.27. The van der Waals surface area contributed by atoms with Crippen LogP contribution in [0.25, 0.3) is 22.0 Å². The van der Waals surface area contributed by atoms with Gasteiger partial charge in [0.15, 0.2) is 0 Å². The fourth-order valence-electron chi connectivity index (χ4n) is 4.72. The van der Waals surface area contributed by atoms with Crippen molar-refractivity contribution in [1.82, 2.24) is 20.3 Å². The Kier molecular flexibility index (Phi) is 6.25. The van der Waals surface area contributed by atoms with Crippen LogP contribution in [0.3, 0.4) is 0 Å². The van der Waals surface area contributed by atoms with E-state index in [0.717, 1.165) is 79.3 Å². The third-order valence-electron chi connectivity index (χ3n) is 6.58. The van der Waals surface area contributed by atoms with Crippen molar-refractivity contribution in [3.8, 4) is 11.1 Å². The van der Waals surface area contributed by atoms with E-state index >= 15 is 0 Å². The zero-order valence-corrected chi connectivity index (χ0v) is 18.3. The number of nitrogens with one attached hydrogen (secondary N) is 3. The number of hydrogen-bond acceptors (Lipinski definition) is 6. The average molecular weight is 431 g/mol. The fraction of sp³-hybridized carbons (Fsp3) is 0.440. The second kappa shape index (κ2) is 9.61. The van der Waals surface area contributed by atoms with Crippen LogP contribution >= 0.6 is 0 Å². The largest absolute Gasteiger partial charge is 0.381 e. The van der Waals surface area contributed by atoms with Crippen LogP contribution < -0.4 is 16.0 Å². The molecule has 3 N–H and O–H groups in total. The molecule has 166 valence electrons. The molecule has 7 heteroatoms. The molecular formula is C25H30N6O. The number of carbonyl (C=O) groups excluding carboxylic acids is 1. The van der Waals surface area contributed by atoms with Crippen LogP contribution in [0, 0.1) is 5.92 Å². The lowest BCUT2D eigenvalue weighted by molar-refractivity contribution is -0.120. The van der Waals surface area contributed by atoms with Crippen LogP contribution in [-0.2, 0) is 4.79 Å². The minimum Gasteiger partial charge on any atom is -0.381 e. The average Bonchev–Trinajstić information content (AvgIpc) is 2.85. The van der Waals surface area contributed by atoms with Crippen molar-refractivity contribution in [3.63, 3.8) is 0 Å². The Bertz CT molecular complexity index is 1090. The number of aromatic nitrogens is 3. The Morgan fingerprint density at radius 2 is 1.78 bits per heavy atom. The zero-order chi connectivity index (χ0) is 21.8. The molecule has 0 bridgehead atoms. The minimum atomic E-state index is 0.0427. The molecule has 2 aromatic heterocycles. The van der Waals surface area contributed by atoms with E-state index in [0.29, 0.717) is 12.0 Å². The van der Waals surface area contributed by atoms with Crippen LogP contribution in [-0.4, -0.2) is 40.0 Å². The number of hydrogen-bond donors (Lipinski definition) is 3. The summed E-state index contributed by atoms with van der Waals surface area (Å²) in [7, 11) is 0. The van der Waals surface area contributed by atoms with Gasteiger partial charge in [0.05, 0.1) is 11.2 Å². The van der Waals surface area contributed by atoms with E-state index in [-0.39, 0.29) is 11.8 Å². The van der Waals surface area contributed by atoms with Gasteiger partial charge in [0, 0.05) is 41.5 Å². The summed E-state index contributed by atoms with van der Waals surface area (Å²) in [5.41, 5.74) is 3.94. The van der Waals surface area contributed by atoms with Crippen molar-refractivity contribution in [2.45, 2.75) is 51.0 Å². The molecule has 1 saturated heterocycles. The van der Waals surface area contributed by atoms with Gasteiger partial charge in [-0.3, -0.25) is 15.1 Å². The minimum absolute atomic E-state index is 0.0427. The van der Waals surface area contributed by atoms with E-state index in [1.54, 1.807) is 6.20 Å². The number of anilines is 2. The molecule has 1 aromatic carbocycles. The van der Waals surface area contributed by atoms with Crippen molar-refractivity contribution < 1.29 is 4.79 Å². The summed E-state index contributed by atoms with van der Waals surface area (Å²) in [5.74, 6) is 0.501. The first kappa shape index (κ1) is 20.8. The first-order valence-electron chi connectivity index (χ1n) is 11.7. The monoisotopic (exact) mass is 430 g/mol. The molecule has 3 heterocycles. The summed E-state index contributed by atoms with van der Waals surface area (Å²) in [6, 6.07) is 8.75. The van der Waals surface area contributed by atoms with Gasteiger partial charge in [-0.1, -0.05) is 31.4 Å². The molecule has 5 rings (SSSR count). The number of pyridine rings is 1. The standard InChI is InChI=1S/C25H30N6O/c32-24(17-4-2-1-3-5-17)31-25-28-15-19-7-6-18(13-23(19)30-25)20-12-22(16-27-14-20)29-21-8-10-26-11-9-21/h6-7,12-17,21,26,29H,1-5,8-11H2,(H,28,30,31,32). The maximum atomic E-state index is 12.6. The van der Waals surface area contributed by atoms with Crippen molar-refractivity contribution in [2.24, 2.45) is 5.92 Å². The third-order valence-corrected chi connectivity index (χ3v) is 6.58. The third kappa shape index (κ3) is 4.88. The Morgan fingerprint density at radius 3 is 2.62 bits per heavy atom. The van der Waals surface area contributed by atoms with Gasteiger partial charge < -0.3 is 10.6 Å². The predicted octanol–water partition coefficient (Wildman–Crippen LogP) is 4.37. The number of nitrogens with zero attached hydrogens (tertiary/aromatic N) is 3. The Balaban J connectivity index is 1.34. The summed E-state index contributed by atoms with van der Waals surface area (Å²) in [6.07, 6.45) is 13.2. The lowest BCUT2D eigenvalue weighted by atomic mass is 9.89. The number of rotatable bonds is 5. The number of fused-ring (bicyclic) bond motifs is 1. The van der Waals surface area contributed by atoms with E-state index in [2.05, 4.69) is 43.0 Å². The van der Waals surface area contributed by atoms with Crippen molar-refractivity contribution in [2.75, 3.05) is 23.7 Å². The van der Waals surface area contributed by atoms with Crippen molar-refractivity contribution >= 4 is 28.4 Å². The van der Waals surface area contributed by atoms with E-state index < -0.39 is 0 Å². The zero-order valence-electron chi connectivity index (χ0n) is 18.3. The molecule has 1 aliphatic carbocycles. The van der Waals surface area contributed by atoms with Gasteiger partial charge in [-0.2, -0.15) is 0 Å². The first-order chi connectivity index (χ1) is 15.7. The summed E-state index contributed by atoms with van der Waals surface area (Å²) >= 11 is 0. The highest BCUT2D eigenvalue weighted by molar-refractivity contribution is 5.92. The Hall–Kier alpha value is -3.06. The van der Waals surface area contributed by atoms with Crippen LogP contribution in [0.15, 0.2) is 42.9 Å². The van der Waals surface area contributed by atoms with Crippen LogP contribution in [0.4, 0.5) is 11.6 Å². The van der Waals surface area contributed by atoms with Crippen LogP contribution in [0.1, 0.15) is 44.9 Å². The molecule has 32 heavy (non-hydrogen) atoms. The molecule has 0 atom stereocenters. The van der Waals surface area contributed by atoms with Crippen LogP contribution in [0.5, 0.6) is 0 Å². The quantitative estimate of drug-likeness (QED) is 0.557. The highest BCUT2D eigenvalue weighted by atomic mass is 16.2. The van der Waals surface area contributed by atoms with E-state index in [1.165, 1.54) is 6.42 Å². The molecule has 0 radical (unpaired) electrons. The second-order valence-corrected chi connectivity index (χ2v) is 8.92. The van der Waals surface area contributed by atoms with E-state index in [9.17, 15) is 4.79 Å². The number of piperidine rings is 1. The van der Waals surface area contributed by atoms with Gasteiger partial charge in [0.2, 0.25) is 11.9 Å².